The number of carbonyl (C=O) groups is 2. The van der Waals surface area contributed by atoms with Crippen LogP contribution in [-0.4, -0.2) is 29.5 Å². The topological polar surface area (TPSA) is 55.8 Å². The third kappa shape index (κ3) is 3.83. The Labute approximate surface area is 163 Å². The van der Waals surface area contributed by atoms with Crippen molar-refractivity contribution in [1.82, 2.24) is 4.90 Å². The number of amides is 1. The molecule has 4 rings (SSSR count). The van der Waals surface area contributed by atoms with Crippen LogP contribution in [0.15, 0.2) is 72.8 Å². The van der Waals surface area contributed by atoms with Crippen molar-refractivity contribution in [2.45, 2.75) is 25.7 Å². The van der Waals surface area contributed by atoms with Crippen molar-refractivity contribution in [2.75, 3.05) is 6.54 Å². The summed E-state index contributed by atoms with van der Waals surface area (Å²) in [7, 11) is 0. The van der Waals surface area contributed by atoms with Crippen molar-refractivity contribution in [3.63, 3.8) is 0 Å². The molecule has 28 heavy (non-hydrogen) atoms. The minimum atomic E-state index is -0.970. The van der Waals surface area contributed by atoms with E-state index >= 15 is 0 Å². The minimum absolute atomic E-state index is 0.115. The summed E-state index contributed by atoms with van der Waals surface area (Å²) in [5.74, 6) is 0.468. The average Bonchev–Trinajstić information content (AvgIpc) is 2.74. The van der Waals surface area contributed by atoms with E-state index in [0.29, 0.717) is 25.1 Å². The van der Waals surface area contributed by atoms with E-state index in [4.69, 9.17) is 9.47 Å². The Hall–Kier alpha value is -3.34. The second-order valence-electron chi connectivity index (χ2n) is 6.75. The molecule has 1 saturated heterocycles. The molecule has 1 heterocycles. The summed E-state index contributed by atoms with van der Waals surface area (Å²) in [6.45, 7) is 0.583. The Kier molecular flexibility index (Phi) is 5.24. The number of hydrogen-bond donors (Lipinski definition) is 0. The van der Waals surface area contributed by atoms with Gasteiger partial charge in [0.1, 0.15) is 12.4 Å². The number of carbonyl (C=O) groups excluding carboxylic acids is 2. The van der Waals surface area contributed by atoms with Crippen LogP contribution in [0.4, 0.5) is 4.79 Å². The van der Waals surface area contributed by atoms with E-state index in [-0.39, 0.29) is 12.4 Å². The Balaban J connectivity index is 1.53. The van der Waals surface area contributed by atoms with E-state index in [1.54, 1.807) is 0 Å². The SMILES string of the molecule is O=C1CCCN(C(=O)OCc2ccccc2)C1Oc1cccc2ccccc12. The molecule has 1 amide bonds. The summed E-state index contributed by atoms with van der Waals surface area (Å²) in [4.78, 5) is 26.6. The summed E-state index contributed by atoms with van der Waals surface area (Å²) in [5, 5.41) is 1.92. The van der Waals surface area contributed by atoms with Gasteiger partial charge in [0.2, 0.25) is 6.23 Å². The monoisotopic (exact) mass is 375 g/mol. The maximum Gasteiger partial charge on any atom is 0.413 e. The van der Waals surface area contributed by atoms with Gasteiger partial charge in [-0.25, -0.2) is 4.79 Å². The van der Waals surface area contributed by atoms with E-state index in [1.807, 2.05) is 72.8 Å². The van der Waals surface area contributed by atoms with Crippen molar-refractivity contribution in [3.8, 4) is 5.75 Å². The van der Waals surface area contributed by atoms with Crippen molar-refractivity contribution in [3.05, 3.63) is 78.4 Å². The Morgan fingerprint density at radius 1 is 0.964 bits per heavy atom. The summed E-state index contributed by atoms with van der Waals surface area (Å²) >= 11 is 0. The van der Waals surface area contributed by atoms with Gasteiger partial charge < -0.3 is 9.47 Å². The lowest BCUT2D eigenvalue weighted by atomic mass is 10.1. The summed E-state index contributed by atoms with van der Waals surface area (Å²) in [5.41, 5.74) is 0.894. The first-order valence-corrected chi connectivity index (χ1v) is 9.37. The van der Waals surface area contributed by atoms with Gasteiger partial charge in [-0.1, -0.05) is 66.7 Å². The highest BCUT2D eigenvalue weighted by atomic mass is 16.6. The van der Waals surface area contributed by atoms with Gasteiger partial charge in [0.25, 0.3) is 0 Å². The zero-order chi connectivity index (χ0) is 19.3. The molecular formula is C23H21NO4. The molecule has 5 heteroatoms. The highest BCUT2D eigenvalue weighted by molar-refractivity contribution is 5.90. The van der Waals surface area contributed by atoms with Crippen LogP contribution in [0.1, 0.15) is 18.4 Å². The molecule has 0 aliphatic carbocycles. The van der Waals surface area contributed by atoms with E-state index in [9.17, 15) is 9.59 Å². The zero-order valence-electron chi connectivity index (χ0n) is 15.4. The maximum atomic E-state index is 12.7. The molecule has 1 aliphatic rings. The summed E-state index contributed by atoms with van der Waals surface area (Å²) in [6, 6.07) is 22.9. The molecule has 0 radical (unpaired) electrons. The number of benzene rings is 3. The molecule has 0 spiro atoms. The van der Waals surface area contributed by atoms with Crippen molar-refractivity contribution >= 4 is 22.6 Å². The Morgan fingerprint density at radius 2 is 1.71 bits per heavy atom. The highest BCUT2D eigenvalue weighted by Gasteiger charge is 2.36. The molecule has 3 aromatic rings. The molecule has 0 saturated carbocycles. The quantitative estimate of drug-likeness (QED) is 0.671. The Morgan fingerprint density at radius 3 is 2.57 bits per heavy atom. The van der Waals surface area contributed by atoms with Crippen LogP contribution in [0.25, 0.3) is 10.8 Å². The smallest absolute Gasteiger partial charge is 0.413 e. The number of Topliss-reactive ketones (excluding diaryl/α,β-unsaturated/α-hetero) is 1. The van der Waals surface area contributed by atoms with Gasteiger partial charge in [-0.3, -0.25) is 9.69 Å². The van der Waals surface area contributed by atoms with Crippen LogP contribution in [0.2, 0.25) is 0 Å². The molecule has 0 aromatic heterocycles. The maximum absolute atomic E-state index is 12.7. The number of ether oxygens (including phenoxy) is 2. The minimum Gasteiger partial charge on any atom is -0.462 e. The average molecular weight is 375 g/mol. The largest absolute Gasteiger partial charge is 0.462 e. The fourth-order valence-electron chi connectivity index (χ4n) is 3.38. The normalized spacial score (nSPS) is 16.8. The third-order valence-corrected chi connectivity index (χ3v) is 4.81. The third-order valence-electron chi connectivity index (χ3n) is 4.81. The predicted octanol–water partition coefficient (Wildman–Crippen LogP) is 4.55. The van der Waals surface area contributed by atoms with Gasteiger partial charge in [-0.05, 0) is 23.4 Å². The Bertz CT molecular complexity index is 981. The van der Waals surface area contributed by atoms with E-state index in [1.165, 1.54) is 4.90 Å². The van der Waals surface area contributed by atoms with E-state index < -0.39 is 12.3 Å². The lowest BCUT2D eigenvalue weighted by Crippen LogP contribution is -2.52. The molecule has 5 nitrogen and oxygen atoms in total. The first kappa shape index (κ1) is 18.0. The highest BCUT2D eigenvalue weighted by Crippen LogP contribution is 2.28. The molecule has 1 atom stereocenters. The number of fused-ring (bicyclic) bond motifs is 1. The number of rotatable bonds is 4. The fraction of sp³-hybridized carbons (Fsp3) is 0.217. The first-order valence-electron chi connectivity index (χ1n) is 9.37. The fourth-order valence-corrected chi connectivity index (χ4v) is 3.38. The summed E-state index contributed by atoms with van der Waals surface area (Å²) < 4.78 is 11.5. The summed E-state index contributed by atoms with van der Waals surface area (Å²) in [6.07, 6.45) is -0.517. The van der Waals surface area contributed by atoms with Gasteiger partial charge in [-0.2, -0.15) is 0 Å². The molecular weight excluding hydrogens is 354 g/mol. The lowest BCUT2D eigenvalue weighted by molar-refractivity contribution is -0.136. The van der Waals surface area contributed by atoms with Gasteiger partial charge in [0.15, 0.2) is 5.78 Å². The predicted molar refractivity (Wildman–Crippen MR) is 106 cm³/mol. The van der Waals surface area contributed by atoms with Crippen molar-refractivity contribution in [1.29, 1.82) is 0 Å². The number of ketones is 1. The van der Waals surface area contributed by atoms with Crippen molar-refractivity contribution < 1.29 is 19.1 Å². The van der Waals surface area contributed by atoms with Crippen LogP contribution in [0.3, 0.4) is 0 Å². The second kappa shape index (κ2) is 8.13. The molecule has 3 aromatic carbocycles. The van der Waals surface area contributed by atoms with Crippen LogP contribution in [0.5, 0.6) is 5.75 Å². The number of nitrogens with zero attached hydrogens (tertiary/aromatic N) is 1. The molecule has 1 unspecified atom stereocenters. The van der Waals surface area contributed by atoms with Crippen LogP contribution in [-0.2, 0) is 16.1 Å². The van der Waals surface area contributed by atoms with E-state index in [2.05, 4.69) is 0 Å². The number of piperidine rings is 1. The number of hydrogen-bond acceptors (Lipinski definition) is 4. The lowest BCUT2D eigenvalue weighted by Gasteiger charge is -2.33. The molecule has 142 valence electrons. The standard InChI is InChI=1S/C23H21NO4/c25-20-13-7-15-24(23(26)27-16-17-8-2-1-3-9-17)22(20)28-21-14-6-11-18-10-4-5-12-19(18)21/h1-6,8-12,14,22H,7,13,15-16H2. The van der Waals surface area contributed by atoms with Gasteiger partial charge in [-0.15, -0.1) is 0 Å². The molecule has 1 aliphatic heterocycles. The second-order valence-corrected chi connectivity index (χ2v) is 6.75. The van der Waals surface area contributed by atoms with Crippen LogP contribution < -0.4 is 4.74 Å². The van der Waals surface area contributed by atoms with Gasteiger partial charge in [0, 0.05) is 18.4 Å². The van der Waals surface area contributed by atoms with Gasteiger partial charge >= 0.3 is 6.09 Å². The first-order chi connectivity index (χ1) is 13.7. The van der Waals surface area contributed by atoms with Crippen molar-refractivity contribution in [2.24, 2.45) is 0 Å². The van der Waals surface area contributed by atoms with Gasteiger partial charge in [0.05, 0.1) is 0 Å². The van der Waals surface area contributed by atoms with Crippen LogP contribution >= 0.6 is 0 Å². The zero-order valence-corrected chi connectivity index (χ0v) is 15.4. The molecule has 0 N–H and O–H groups in total. The van der Waals surface area contributed by atoms with E-state index in [0.717, 1.165) is 16.3 Å². The number of likely N-dealkylation sites (tertiary alicyclic amines) is 1. The van der Waals surface area contributed by atoms with Crippen LogP contribution in [0, 0.1) is 0 Å². The molecule has 0 bridgehead atoms. The molecule has 1 fully saturated rings.